The molecule has 1 atom stereocenters. The summed E-state index contributed by atoms with van der Waals surface area (Å²) in [5, 5.41) is 0. The molecule has 6 nitrogen and oxygen atoms in total. The fourth-order valence-corrected chi connectivity index (χ4v) is 7.72. The van der Waals surface area contributed by atoms with Crippen molar-refractivity contribution >= 4 is 17.9 Å². The molecule has 0 aromatic carbocycles. The maximum Gasteiger partial charge on any atom is 0.306 e. The van der Waals surface area contributed by atoms with Gasteiger partial charge in [0.25, 0.3) is 0 Å². The van der Waals surface area contributed by atoms with E-state index in [-0.39, 0.29) is 44.0 Å². The molecule has 0 aliphatic carbocycles. The number of hydrogen-bond acceptors (Lipinski definition) is 6. The number of allylic oxidation sites excluding steroid dienone is 16. The van der Waals surface area contributed by atoms with Crippen LogP contribution in [0.3, 0.4) is 0 Å². The van der Waals surface area contributed by atoms with Crippen LogP contribution in [0.15, 0.2) is 97.2 Å². The van der Waals surface area contributed by atoms with Crippen molar-refractivity contribution in [3.8, 4) is 0 Å². The van der Waals surface area contributed by atoms with Crippen LogP contribution in [-0.4, -0.2) is 37.2 Å². The summed E-state index contributed by atoms with van der Waals surface area (Å²) in [4.78, 5) is 38.1. The van der Waals surface area contributed by atoms with Gasteiger partial charge in [-0.05, 0) is 96.3 Å². The third-order valence-electron chi connectivity index (χ3n) is 12.1. The summed E-state index contributed by atoms with van der Waals surface area (Å²) in [7, 11) is 0. The van der Waals surface area contributed by atoms with Crippen molar-refractivity contribution in [2.24, 2.45) is 0 Å². The third-order valence-corrected chi connectivity index (χ3v) is 12.1. The molecule has 0 bridgehead atoms. The van der Waals surface area contributed by atoms with Crippen molar-refractivity contribution in [1.29, 1.82) is 0 Å². The highest BCUT2D eigenvalue weighted by atomic mass is 16.6. The van der Waals surface area contributed by atoms with Gasteiger partial charge < -0.3 is 14.2 Å². The van der Waals surface area contributed by atoms with Gasteiger partial charge in [-0.15, -0.1) is 0 Å². The first kappa shape index (κ1) is 65.3. The molecule has 394 valence electrons. The number of esters is 3. The molecular weight excluding hydrogens is 853 g/mol. The number of rotatable bonds is 51. The lowest BCUT2D eigenvalue weighted by molar-refractivity contribution is -0.167. The Labute approximate surface area is 426 Å². The van der Waals surface area contributed by atoms with Gasteiger partial charge in [0.2, 0.25) is 0 Å². The van der Waals surface area contributed by atoms with E-state index in [1.54, 1.807) is 0 Å². The van der Waals surface area contributed by atoms with Crippen LogP contribution in [0.1, 0.15) is 265 Å². The lowest BCUT2D eigenvalue weighted by Gasteiger charge is -2.18. The molecule has 0 aromatic heterocycles. The molecule has 0 rings (SSSR count). The summed E-state index contributed by atoms with van der Waals surface area (Å²) in [5.41, 5.74) is 0. The molecule has 0 aliphatic heterocycles. The molecule has 0 heterocycles. The van der Waals surface area contributed by atoms with Gasteiger partial charge in [0, 0.05) is 19.3 Å². The third kappa shape index (κ3) is 55.1. The van der Waals surface area contributed by atoms with Gasteiger partial charge in [-0.25, -0.2) is 0 Å². The largest absolute Gasteiger partial charge is 0.462 e. The van der Waals surface area contributed by atoms with Gasteiger partial charge in [-0.1, -0.05) is 246 Å². The lowest BCUT2D eigenvalue weighted by atomic mass is 10.0. The van der Waals surface area contributed by atoms with Crippen LogP contribution in [0.2, 0.25) is 0 Å². The van der Waals surface area contributed by atoms with Crippen LogP contribution in [-0.2, 0) is 28.6 Å². The van der Waals surface area contributed by atoms with E-state index in [2.05, 4.69) is 118 Å². The van der Waals surface area contributed by atoms with E-state index in [9.17, 15) is 14.4 Å². The predicted octanol–water partition coefficient (Wildman–Crippen LogP) is 19.3. The van der Waals surface area contributed by atoms with E-state index in [1.165, 1.54) is 141 Å². The highest BCUT2D eigenvalue weighted by Crippen LogP contribution is 2.15. The van der Waals surface area contributed by atoms with E-state index in [1.807, 2.05) is 0 Å². The number of ether oxygens (including phenoxy) is 3. The highest BCUT2D eigenvalue weighted by molar-refractivity contribution is 5.71. The Balaban J connectivity index is 4.54. The second-order valence-electron chi connectivity index (χ2n) is 18.8. The van der Waals surface area contributed by atoms with Crippen LogP contribution in [0.4, 0.5) is 0 Å². The van der Waals surface area contributed by atoms with Gasteiger partial charge in [-0.2, -0.15) is 0 Å². The molecule has 0 saturated carbocycles. The SMILES string of the molecule is CCCCC/C=C\C/C=C\C/C=C\C/C=C\CCCC(=O)OC[C@@H](COC(=O)CCCCCCCCCCCCCCCCCCC)OC(=O)CCC/C=C\C/C=C\C/C=C\C/C=C\CCCCC. The summed E-state index contributed by atoms with van der Waals surface area (Å²) >= 11 is 0. The number of carbonyl (C=O) groups is 3. The minimum absolute atomic E-state index is 0.115. The predicted molar refractivity (Wildman–Crippen MR) is 297 cm³/mol. The Kier molecular flexibility index (Phi) is 53.9. The first-order valence-electron chi connectivity index (χ1n) is 28.7. The van der Waals surface area contributed by atoms with Gasteiger partial charge in [0.15, 0.2) is 6.10 Å². The quantitative estimate of drug-likeness (QED) is 0.0262. The molecule has 69 heavy (non-hydrogen) atoms. The Bertz CT molecular complexity index is 1380. The minimum atomic E-state index is -0.828. The monoisotopic (exact) mass is 959 g/mol. The first-order chi connectivity index (χ1) is 34.0. The first-order valence-corrected chi connectivity index (χ1v) is 28.7. The molecule has 0 fully saturated rings. The van der Waals surface area contributed by atoms with Crippen molar-refractivity contribution in [3.05, 3.63) is 97.2 Å². The van der Waals surface area contributed by atoms with Gasteiger partial charge in [0.1, 0.15) is 13.2 Å². The average molecular weight is 960 g/mol. The van der Waals surface area contributed by atoms with Crippen molar-refractivity contribution in [1.82, 2.24) is 0 Å². The summed E-state index contributed by atoms with van der Waals surface area (Å²) in [5.74, 6) is -1.03. The van der Waals surface area contributed by atoms with Crippen LogP contribution >= 0.6 is 0 Å². The summed E-state index contributed by atoms with van der Waals surface area (Å²) < 4.78 is 16.8. The Morgan fingerprint density at radius 1 is 0.290 bits per heavy atom. The van der Waals surface area contributed by atoms with Crippen molar-refractivity contribution in [2.45, 2.75) is 271 Å². The fourth-order valence-electron chi connectivity index (χ4n) is 7.72. The van der Waals surface area contributed by atoms with Crippen molar-refractivity contribution < 1.29 is 28.6 Å². The normalized spacial score (nSPS) is 12.8. The van der Waals surface area contributed by atoms with E-state index in [0.717, 1.165) is 70.6 Å². The van der Waals surface area contributed by atoms with Crippen molar-refractivity contribution in [3.63, 3.8) is 0 Å². The van der Waals surface area contributed by atoms with E-state index in [4.69, 9.17) is 14.2 Å². The number of unbranched alkanes of at least 4 members (excludes halogenated alkanes) is 24. The average Bonchev–Trinajstić information content (AvgIpc) is 3.35. The minimum Gasteiger partial charge on any atom is -0.462 e. The second kappa shape index (κ2) is 56.9. The molecule has 0 aromatic rings. The van der Waals surface area contributed by atoms with Gasteiger partial charge >= 0.3 is 17.9 Å². The summed E-state index contributed by atoms with van der Waals surface area (Å²) in [6.07, 6.45) is 75.5. The molecule has 0 aliphatic rings. The topological polar surface area (TPSA) is 78.9 Å². The zero-order chi connectivity index (χ0) is 50.0. The van der Waals surface area contributed by atoms with Crippen LogP contribution < -0.4 is 0 Å². The van der Waals surface area contributed by atoms with Crippen LogP contribution in [0.5, 0.6) is 0 Å². The maximum absolute atomic E-state index is 12.8. The number of carbonyl (C=O) groups excluding carboxylic acids is 3. The molecule has 0 unspecified atom stereocenters. The van der Waals surface area contributed by atoms with E-state index >= 15 is 0 Å². The lowest BCUT2D eigenvalue weighted by Crippen LogP contribution is -2.30. The fraction of sp³-hybridized carbons (Fsp3) is 0.698. The molecule has 0 spiro atoms. The Morgan fingerprint density at radius 2 is 0.536 bits per heavy atom. The number of hydrogen-bond donors (Lipinski definition) is 0. The summed E-state index contributed by atoms with van der Waals surface area (Å²) in [6, 6.07) is 0. The zero-order valence-electron chi connectivity index (χ0n) is 45.0. The smallest absolute Gasteiger partial charge is 0.306 e. The van der Waals surface area contributed by atoms with Crippen molar-refractivity contribution in [2.75, 3.05) is 13.2 Å². The Morgan fingerprint density at radius 3 is 0.870 bits per heavy atom. The van der Waals surface area contributed by atoms with Gasteiger partial charge in [-0.3, -0.25) is 14.4 Å². The second-order valence-corrected chi connectivity index (χ2v) is 18.8. The van der Waals surface area contributed by atoms with Gasteiger partial charge in [0.05, 0.1) is 0 Å². The van der Waals surface area contributed by atoms with Crippen LogP contribution in [0.25, 0.3) is 0 Å². The molecule has 0 radical (unpaired) electrons. The van der Waals surface area contributed by atoms with E-state index in [0.29, 0.717) is 19.3 Å². The van der Waals surface area contributed by atoms with E-state index < -0.39 is 6.10 Å². The standard InChI is InChI=1S/C63H106O6/c1-4-7-10-13-16-19-22-25-28-31-34-37-40-43-46-49-52-55-61(64)67-58-60(69-63(66)57-54-51-48-45-42-39-36-33-30-27-24-21-18-15-12-9-6-3)59-68-62(65)56-53-50-47-44-41-38-35-32-29-26-23-20-17-14-11-8-5-2/h16,18-19,21,25,27-28,30,34,36-37,39,43,45-46,48,60H,4-15,17,20,22-24,26,29,31-33,35,38,40-42,44,47,49-59H2,1-3H3/b19-16-,21-18-,28-25-,30-27-,37-34-,39-36-,46-43-,48-45-/t60-/m0/s1. The zero-order valence-corrected chi connectivity index (χ0v) is 45.0. The maximum atomic E-state index is 12.8. The molecule has 6 heteroatoms. The van der Waals surface area contributed by atoms with Crippen LogP contribution in [0, 0.1) is 0 Å². The molecule has 0 saturated heterocycles. The summed E-state index contributed by atoms with van der Waals surface area (Å²) in [6.45, 7) is 6.50. The molecular formula is C63H106O6. The Hall–Kier alpha value is -3.67. The molecule has 0 amide bonds. The highest BCUT2D eigenvalue weighted by Gasteiger charge is 2.19. The molecule has 0 N–H and O–H groups in total.